The molecule has 3 aromatic carbocycles. The molecule has 0 spiro atoms. The first kappa shape index (κ1) is 14.1. The molecule has 1 N–H and O–H groups in total. The molecule has 0 saturated heterocycles. The van der Waals surface area contributed by atoms with Crippen LogP contribution in [0, 0.1) is 0 Å². The number of hydrogen-bond donors (Lipinski definition) is 1. The molecule has 3 nitrogen and oxygen atoms in total. The van der Waals surface area contributed by atoms with E-state index in [1.165, 1.54) is 0 Å². The highest BCUT2D eigenvalue weighted by Crippen LogP contribution is 2.20. The van der Waals surface area contributed by atoms with Crippen LogP contribution in [0.25, 0.3) is 10.8 Å². The molecule has 0 unspecified atom stereocenters. The number of carbonyl (C=O) groups is 1. The Morgan fingerprint density at radius 2 is 1.68 bits per heavy atom. The van der Waals surface area contributed by atoms with Crippen LogP contribution in [0.3, 0.4) is 0 Å². The lowest BCUT2D eigenvalue weighted by Crippen LogP contribution is -2.23. The lowest BCUT2D eigenvalue weighted by Gasteiger charge is -2.10. The Kier molecular flexibility index (Phi) is 4.05. The predicted octanol–water partition coefficient (Wildman–Crippen LogP) is 3.78. The molecule has 1 amide bonds. The fourth-order valence-electron chi connectivity index (χ4n) is 2.54. The van der Waals surface area contributed by atoms with Gasteiger partial charge in [-0.15, -0.1) is 0 Å². The highest BCUT2D eigenvalue weighted by Gasteiger charge is 2.10. The smallest absolute Gasteiger partial charge is 0.252 e. The number of para-hydroxylation sites is 1. The first-order valence-corrected chi connectivity index (χ1v) is 7.17. The van der Waals surface area contributed by atoms with Crippen molar-refractivity contribution in [2.45, 2.75) is 6.54 Å². The van der Waals surface area contributed by atoms with Gasteiger partial charge in [0.05, 0.1) is 7.11 Å². The summed E-state index contributed by atoms with van der Waals surface area (Å²) in [6, 6.07) is 21.3. The topological polar surface area (TPSA) is 38.3 Å². The predicted molar refractivity (Wildman–Crippen MR) is 88.1 cm³/mol. The van der Waals surface area contributed by atoms with Gasteiger partial charge in [-0.25, -0.2) is 0 Å². The number of nitrogens with one attached hydrogen (secondary N) is 1. The van der Waals surface area contributed by atoms with E-state index in [1.807, 2.05) is 66.7 Å². The second kappa shape index (κ2) is 6.31. The standard InChI is InChI=1S/C19H17NO2/c1-22-18-12-5-3-8-15(18)13-20-19(21)17-11-6-9-14-7-2-4-10-16(14)17/h2-12H,13H2,1H3,(H,20,21). The Labute approximate surface area is 129 Å². The van der Waals surface area contributed by atoms with Crippen molar-refractivity contribution >= 4 is 16.7 Å². The molecule has 3 aromatic rings. The zero-order chi connectivity index (χ0) is 15.4. The van der Waals surface area contributed by atoms with E-state index in [9.17, 15) is 4.79 Å². The van der Waals surface area contributed by atoms with Gasteiger partial charge in [-0.05, 0) is 22.9 Å². The first-order valence-electron chi connectivity index (χ1n) is 7.17. The van der Waals surface area contributed by atoms with Crippen molar-refractivity contribution in [3.05, 3.63) is 77.9 Å². The van der Waals surface area contributed by atoms with Gasteiger partial charge in [0.2, 0.25) is 0 Å². The minimum Gasteiger partial charge on any atom is -0.496 e. The first-order chi connectivity index (χ1) is 10.8. The zero-order valence-electron chi connectivity index (χ0n) is 12.4. The van der Waals surface area contributed by atoms with Crippen LogP contribution in [0.5, 0.6) is 5.75 Å². The molecule has 0 heterocycles. The van der Waals surface area contributed by atoms with E-state index >= 15 is 0 Å². The Morgan fingerprint density at radius 3 is 2.55 bits per heavy atom. The van der Waals surface area contributed by atoms with E-state index < -0.39 is 0 Å². The minimum absolute atomic E-state index is 0.0808. The number of rotatable bonds is 4. The van der Waals surface area contributed by atoms with E-state index in [0.29, 0.717) is 12.1 Å². The lowest BCUT2D eigenvalue weighted by atomic mass is 10.0. The molecular weight excluding hydrogens is 274 g/mol. The normalized spacial score (nSPS) is 10.4. The number of amides is 1. The third-order valence-corrected chi connectivity index (χ3v) is 3.67. The molecule has 3 rings (SSSR count). The average molecular weight is 291 g/mol. The molecule has 0 radical (unpaired) electrons. The van der Waals surface area contributed by atoms with Crippen molar-refractivity contribution in [3.8, 4) is 5.75 Å². The third kappa shape index (κ3) is 2.79. The summed E-state index contributed by atoms with van der Waals surface area (Å²) in [7, 11) is 1.63. The quantitative estimate of drug-likeness (QED) is 0.794. The van der Waals surface area contributed by atoms with Crippen LogP contribution in [-0.4, -0.2) is 13.0 Å². The van der Waals surface area contributed by atoms with E-state index in [1.54, 1.807) is 7.11 Å². The molecule has 22 heavy (non-hydrogen) atoms. The van der Waals surface area contributed by atoms with Gasteiger partial charge >= 0.3 is 0 Å². The van der Waals surface area contributed by atoms with Crippen molar-refractivity contribution in [2.24, 2.45) is 0 Å². The number of hydrogen-bond acceptors (Lipinski definition) is 2. The summed E-state index contributed by atoms with van der Waals surface area (Å²) in [4.78, 5) is 12.5. The zero-order valence-corrected chi connectivity index (χ0v) is 12.4. The Balaban J connectivity index is 1.82. The van der Waals surface area contributed by atoms with Crippen LogP contribution in [0.4, 0.5) is 0 Å². The van der Waals surface area contributed by atoms with Crippen LogP contribution < -0.4 is 10.1 Å². The van der Waals surface area contributed by atoms with Crippen LogP contribution >= 0.6 is 0 Å². The minimum atomic E-state index is -0.0808. The highest BCUT2D eigenvalue weighted by molar-refractivity contribution is 6.06. The molecule has 0 saturated carbocycles. The van der Waals surface area contributed by atoms with Gasteiger partial charge in [0.25, 0.3) is 5.91 Å². The van der Waals surface area contributed by atoms with Gasteiger partial charge in [0.15, 0.2) is 0 Å². The van der Waals surface area contributed by atoms with Crippen LogP contribution in [0.1, 0.15) is 15.9 Å². The molecular formula is C19H17NO2. The fourth-order valence-corrected chi connectivity index (χ4v) is 2.54. The van der Waals surface area contributed by atoms with Gasteiger partial charge in [0, 0.05) is 17.7 Å². The fraction of sp³-hybridized carbons (Fsp3) is 0.105. The molecule has 0 aliphatic carbocycles. The largest absolute Gasteiger partial charge is 0.496 e. The summed E-state index contributed by atoms with van der Waals surface area (Å²) in [6.45, 7) is 0.437. The van der Waals surface area contributed by atoms with Crippen molar-refractivity contribution in [3.63, 3.8) is 0 Å². The summed E-state index contributed by atoms with van der Waals surface area (Å²) >= 11 is 0. The van der Waals surface area contributed by atoms with Crippen LogP contribution in [0.15, 0.2) is 66.7 Å². The van der Waals surface area contributed by atoms with E-state index in [-0.39, 0.29) is 5.91 Å². The number of ether oxygens (including phenoxy) is 1. The molecule has 3 heteroatoms. The Hall–Kier alpha value is -2.81. The van der Waals surface area contributed by atoms with Crippen molar-refractivity contribution < 1.29 is 9.53 Å². The number of methoxy groups -OCH3 is 1. The second-order valence-electron chi connectivity index (χ2n) is 5.02. The van der Waals surface area contributed by atoms with Gasteiger partial charge in [0.1, 0.15) is 5.75 Å². The van der Waals surface area contributed by atoms with Crippen molar-refractivity contribution in [2.75, 3.05) is 7.11 Å². The molecule has 0 aliphatic rings. The van der Waals surface area contributed by atoms with E-state index in [4.69, 9.17) is 4.74 Å². The SMILES string of the molecule is COc1ccccc1CNC(=O)c1cccc2ccccc12. The molecule has 0 aromatic heterocycles. The number of carbonyl (C=O) groups excluding carboxylic acids is 1. The number of benzene rings is 3. The lowest BCUT2D eigenvalue weighted by molar-refractivity contribution is 0.0952. The van der Waals surface area contributed by atoms with Gasteiger partial charge in [-0.1, -0.05) is 54.6 Å². The van der Waals surface area contributed by atoms with E-state index in [0.717, 1.165) is 22.1 Å². The average Bonchev–Trinajstić information content (AvgIpc) is 2.59. The summed E-state index contributed by atoms with van der Waals surface area (Å²) in [5.41, 5.74) is 1.64. The van der Waals surface area contributed by atoms with E-state index in [2.05, 4.69) is 5.32 Å². The monoisotopic (exact) mass is 291 g/mol. The summed E-state index contributed by atoms with van der Waals surface area (Å²) in [6.07, 6.45) is 0. The Bertz CT molecular complexity index is 806. The van der Waals surface area contributed by atoms with Gasteiger partial charge in [-0.2, -0.15) is 0 Å². The summed E-state index contributed by atoms with van der Waals surface area (Å²) in [5.74, 6) is 0.698. The maximum absolute atomic E-state index is 12.5. The van der Waals surface area contributed by atoms with Crippen LogP contribution in [-0.2, 0) is 6.54 Å². The number of fused-ring (bicyclic) bond motifs is 1. The molecule has 0 atom stereocenters. The van der Waals surface area contributed by atoms with Gasteiger partial charge in [-0.3, -0.25) is 4.79 Å². The van der Waals surface area contributed by atoms with Crippen LogP contribution in [0.2, 0.25) is 0 Å². The summed E-state index contributed by atoms with van der Waals surface area (Å²) in [5, 5.41) is 4.99. The molecule has 110 valence electrons. The highest BCUT2D eigenvalue weighted by atomic mass is 16.5. The van der Waals surface area contributed by atoms with Crippen molar-refractivity contribution in [1.29, 1.82) is 0 Å². The van der Waals surface area contributed by atoms with Crippen molar-refractivity contribution in [1.82, 2.24) is 5.32 Å². The summed E-state index contributed by atoms with van der Waals surface area (Å²) < 4.78 is 5.30. The maximum atomic E-state index is 12.5. The second-order valence-corrected chi connectivity index (χ2v) is 5.02. The molecule has 0 fully saturated rings. The molecule has 0 aliphatic heterocycles. The Morgan fingerprint density at radius 1 is 0.955 bits per heavy atom. The maximum Gasteiger partial charge on any atom is 0.252 e. The third-order valence-electron chi connectivity index (χ3n) is 3.67. The van der Waals surface area contributed by atoms with Gasteiger partial charge < -0.3 is 10.1 Å². The molecule has 0 bridgehead atoms.